The summed E-state index contributed by atoms with van der Waals surface area (Å²) >= 11 is 1.43. The number of nitrogens with one attached hydrogen (secondary N) is 4. The van der Waals surface area contributed by atoms with Crippen LogP contribution in [0.1, 0.15) is 58.6 Å². The van der Waals surface area contributed by atoms with E-state index >= 15 is 0 Å². The highest BCUT2D eigenvalue weighted by molar-refractivity contribution is 7.18. The number of likely N-dealkylation sites (tertiary alicyclic amines) is 1. The average molecular weight is 605 g/mol. The minimum Gasteiger partial charge on any atom is -0.379 e. The molecule has 1 fully saturated rings. The van der Waals surface area contributed by atoms with Gasteiger partial charge in [-0.1, -0.05) is 24.3 Å². The number of pyridine rings is 1. The molecule has 6 rings (SSSR count). The molecule has 0 saturated carbocycles. The van der Waals surface area contributed by atoms with E-state index in [0.29, 0.717) is 46.3 Å². The Balaban J connectivity index is 1.19. The Hall–Kier alpha value is -4.67. The van der Waals surface area contributed by atoms with Gasteiger partial charge in [-0.15, -0.1) is 11.3 Å². The number of hydrogen-bond acceptors (Lipinski definition) is 9. The van der Waals surface area contributed by atoms with Crippen LogP contribution in [0.15, 0.2) is 72.4 Å². The number of benzene rings is 2. The number of thiophene rings is 1. The lowest BCUT2D eigenvalue weighted by Gasteiger charge is -2.29. The van der Waals surface area contributed by atoms with Gasteiger partial charge in [0.25, 0.3) is 5.91 Å². The first kappa shape index (κ1) is 29.4. The third kappa shape index (κ3) is 6.46. The number of hydrogen-bond donors (Lipinski definition) is 4. The molecular weight excluding hydrogens is 568 g/mol. The number of carbonyl (C=O) groups excluding carboxylic acids is 1. The van der Waals surface area contributed by atoms with Crippen molar-refractivity contribution in [3.8, 4) is 0 Å². The number of anilines is 4. The molecule has 1 aliphatic rings. The number of rotatable bonds is 9. The van der Waals surface area contributed by atoms with E-state index in [9.17, 15) is 4.79 Å². The maximum atomic E-state index is 13.6. The van der Waals surface area contributed by atoms with Crippen LogP contribution in [0.2, 0.25) is 0 Å². The van der Waals surface area contributed by atoms with Crippen molar-refractivity contribution in [2.45, 2.75) is 39.2 Å². The van der Waals surface area contributed by atoms with Gasteiger partial charge in [0.2, 0.25) is 0 Å². The van der Waals surface area contributed by atoms with Crippen LogP contribution >= 0.6 is 11.3 Å². The smallest absolute Gasteiger partial charge is 0.258 e. The van der Waals surface area contributed by atoms with E-state index in [1.807, 2.05) is 48.7 Å². The topological polar surface area (TPSA) is 119 Å². The predicted molar refractivity (Wildman–Crippen MR) is 180 cm³/mol. The summed E-state index contributed by atoms with van der Waals surface area (Å²) in [5, 5.41) is 20.1. The minimum atomic E-state index is -0.289. The quantitative estimate of drug-likeness (QED) is 0.131. The standard InChI is InChI=1S/C34H36N8OS/c1-21-6-4-7-26(39-21)18-36-28-8-5-9-29(30(28)22(2)35)41-34(43)27-19-44-32-31(27)37-20-38-33(32)40-25-12-10-23(11-13-25)24-14-16-42(3)17-15-24/h4-13,19-20,24,35-36H,14-18H2,1-3H3,(H,41,43)(H,37,38,40). The molecule has 9 nitrogen and oxygen atoms in total. The van der Waals surface area contributed by atoms with E-state index in [2.05, 4.69) is 67.1 Å². The summed E-state index contributed by atoms with van der Waals surface area (Å²) in [6.07, 6.45) is 3.85. The van der Waals surface area contributed by atoms with Gasteiger partial charge in [0.1, 0.15) is 6.33 Å². The second-order valence-corrected chi connectivity index (χ2v) is 12.2. The van der Waals surface area contributed by atoms with Gasteiger partial charge in [0.05, 0.1) is 33.7 Å². The maximum Gasteiger partial charge on any atom is 0.258 e. The summed E-state index contributed by atoms with van der Waals surface area (Å²) in [6, 6.07) is 20.1. The fourth-order valence-electron chi connectivity index (χ4n) is 5.70. The zero-order chi connectivity index (χ0) is 30.6. The second-order valence-electron chi connectivity index (χ2n) is 11.3. The SMILES string of the molecule is CC(=N)c1c(NCc2cccc(C)n2)cccc1NC(=O)c1csc2c(Nc3ccc(C4CCN(C)CC4)cc3)ncnc12. The Morgan fingerprint density at radius 1 is 1.02 bits per heavy atom. The van der Waals surface area contributed by atoms with Gasteiger partial charge < -0.3 is 26.3 Å². The molecule has 0 radical (unpaired) electrons. The van der Waals surface area contributed by atoms with E-state index in [0.717, 1.165) is 40.6 Å². The van der Waals surface area contributed by atoms with E-state index in [-0.39, 0.29) is 5.91 Å². The summed E-state index contributed by atoms with van der Waals surface area (Å²) in [5.74, 6) is 0.976. The number of aromatic nitrogens is 3. The van der Waals surface area contributed by atoms with Gasteiger partial charge in [0, 0.05) is 33.7 Å². The molecule has 1 saturated heterocycles. The van der Waals surface area contributed by atoms with Crippen LogP contribution in [-0.4, -0.2) is 51.6 Å². The van der Waals surface area contributed by atoms with Gasteiger partial charge in [-0.2, -0.15) is 0 Å². The van der Waals surface area contributed by atoms with E-state index in [1.54, 1.807) is 6.92 Å². The van der Waals surface area contributed by atoms with Crippen LogP contribution in [0, 0.1) is 12.3 Å². The summed E-state index contributed by atoms with van der Waals surface area (Å²) < 4.78 is 0.807. The van der Waals surface area contributed by atoms with Crippen molar-refractivity contribution in [1.82, 2.24) is 19.9 Å². The zero-order valence-electron chi connectivity index (χ0n) is 25.1. The number of amides is 1. The monoisotopic (exact) mass is 604 g/mol. The predicted octanol–water partition coefficient (Wildman–Crippen LogP) is 7.20. The molecule has 10 heteroatoms. The zero-order valence-corrected chi connectivity index (χ0v) is 26.0. The largest absolute Gasteiger partial charge is 0.379 e. The highest BCUT2D eigenvalue weighted by Crippen LogP contribution is 2.34. The van der Waals surface area contributed by atoms with E-state index in [4.69, 9.17) is 5.41 Å². The molecule has 0 bridgehead atoms. The molecule has 0 aliphatic carbocycles. The van der Waals surface area contributed by atoms with Crippen molar-refractivity contribution in [3.05, 3.63) is 100 Å². The molecule has 4 N–H and O–H groups in total. The van der Waals surface area contributed by atoms with Gasteiger partial charge in [-0.3, -0.25) is 9.78 Å². The second kappa shape index (κ2) is 12.9. The lowest BCUT2D eigenvalue weighted by molar-refractivity contribution is 0.102. The first-order chi connectivity index (χ1) is 21.4. The number of nitrogens with zero attached hydrogens (tertiary/aromatic N) is 4. The molecule has 1 amide bonds. The number of carbonyl (C=O) groups is 1. The van der Waals surface area contributed by atoms with Gasteiger partial charge in [0.15, 0.2) is 5.82 Å². The van der Waals surface area contributed by atoms with Crippen LogP contribution < -0.4 is 16.0 Å². The lowest BCUT2D eigenvalue weighted by atomic mass is 9.89. The molecule has 44 heavy (non-hydrogen) atoms. The molecule has 2 aromatic carbocycles. The van der Waals surface area contributed by atoms with Crippen LogP contribution in [-0.2, 0) is 6.54 Å². The number of aryl methyl sites for hydroxylation is 1. The number of piperidine rings is 1. The lowest BCUT2D eigenvalue weighted by Crippen LogP contribution is -2.29. The van der Waals surface area contributed by atoms with Crippen molar-refractivity contribution < 1.29 is 4.79 Å². The van der Waals surface area contributed by atoms with Crippen molar-refractivity contribution in [3.63, 3.8) is 0 Å². The first-order valence-corrected chi connectivity index (χ1v) is 15.7. The van der Waals surface area contributed by atoms with Crippen LogP contribution in [0.3, 0.4) is 0 Å². The van der Waals surface area contributed by atoms with E-state index in [1.165, 1.54) is 36.1 Å². The maximum absolute atomic E-state index is 13.6. The van der Waals surface area contributed by atoms with Crippen molar-refractivity contribution in [1.29, 1.82) is 5.41 Å². The Morgan fingerprint density at radius 3 is 2.52 bits per heavy atom. The highest BCUT2D eigenvalue weighted by atomic mass is 32.1. The summed E-state index contributed by atoms with van der Waals surface area (Å²) in [5.41, 5.74) is 7.49. The molecule has 224 valence electrons. The normalized spacial score (nSPS) is 14.0. The van der Waals surface area contributed by atoms with Gasteiger partial charge >= 0.3 is 0 Å². The fraction of sp³-hybridized carbons (Fsp3) is 0.265. The molecule has 4 heterocycles. The molecule has 3 aromatic heterocycles. The van der Waals surface area contributed by atoms with Gasteiger partial charge in [-0.05, 0) is 94.7 Å². The molecular formula is C34H36N8OS. The van der Waals surface area contributed by atoms with Crippen molar-refractivity contribution in [2.24, 2.45) is 0 Å². The minimum absolute atomic E-state index is 0.289. The molecule has 0 unspecified atom stereocenters. The first-order valence-electron chi connectivity index (χ1n) is 14.8. The third-order valence-electron chi connectivity index (χ3n) is 8.06. The Bertz CT molecular complexity index is 1810. The average Bonchev–Trinajstić information content (AvgIpc) is 3.46. The van der Waals surface area contributed by atoms with Gasteiger partial charge in [-0.25, -0.2) is 9.97 Å². The molecule has 0 spiro atoms. The Kier molecular flexibility index (Phi) is 8.63. The Morgan fingerprint density at radius 2 is 1.77 bits per heavy atom. The fourth-order valence-corrected chi connectivity index (χ4v) is 6.64. The van der Waals surface area contributed by atoms with Crippen LogP contribution in [0.5, 0.6) is 0 Å². The summed E-state index contributed by atoms with van der Waals surface area (Å²) in [6.45, 7) is 6.44. The van der Waals surface area contributed by atoms with E-state index < -0.39 is 0 Å². The molecule has 1 aliphatic heterocycles. The van der Waals surface area contributed by atoms with Crippen LogP contribution in [0.4, 0.5) is 22.9 Å². The third-order valence-corrected chi connectivity index (χ3v) is 9.03. The Labute approximate surface area is 261 Å². The summed E-state index contributed by atoms with van der Waals surface area (Å²) in [4.78, 5) is 29.5. The summed E-state index contributed by atoms with van der Waals surface area (Å²) in [7, 11) is 2.18. The van der Waals surface area contributed by atoms with Crippen LogP contribution in [0.25, 0.3) is 10.2 Å². The molecule has 0 atom stereocenters. The van der Waals surface area contributed by atoms with Crippen molar-refractivity contribution in [2.75, 3.05) is 36.1 Å². The highest BCUT2D eigenvalue weighted by Gasteiger charge is 2.21. The van der Waals surface area contributed by atoms with Crippen molar-refractivity contribution >= 4 is 56.1 Å². The number of fused-ring (bicyclic) bond motifs is 1. The molecule has 5 aromatic rings.